The summed E-state index contributed by atoms with van der Waals surface area (Å²) in [6, 6.07) is 14.7. The number of nitrogens with zero attached hydrogens (tertiary/aromatic N) is 1. The highest BCUT2D eigenvalue weighted by atomic mass is 32.2. The van der Waals surface area contributed by atoms with E-state index in [-0.39, 0.29) is 18.0 Å². The summed E-state index contributed by atoms with van der Waals surface area (Å²) >= 11 is 1.61. The molecule has 0 spiro atoms. The Labute approximate surface area is 165 Å². The van der Waals surface area contributed by atoms with Crippen LogP contribution in [0.2, 0.25) is 0 Å². The predicted molar refractivity (Wildman–Crippen MR) is 105 cm³/mol. The number of carbonyl (C=O) groups excluding carboxylic acids is 2. The van der Waals surface area contributed by atoms with E-state index in [2.05, 4.69) is 5.32 Å². The minimum absolute atomic E-state index is 0.0213. The van der Waals surface area contributed by atoms with E-state index >= 15 is 0 Å². The summed E-state index contributed by atoms with van der Waals surface area (Å²) in [5.41, 5.74) is 1.07. The molecule has 0 bridgehead atoms. The molecular formula is C21H17FN2O3S. The SMILES string of the molecule is O=C(NCc1ccco1)c1ccc2c(c1)N(C(=O)c1ccccc1F)CCS2. The molecule has 1 N–H and O–H groups in total. The third kappa shape index (κ3) is 3.66. The first-order valence-corrected chi connectivity index (χ1v) is 9.76. The van der Waals surface area contributed by atoms with Crippen LogP contribution in [0.15, 0.2) is 70.2 Å². The number of benzene rings is 2. The monoisotopic (exact) mass is 396 g/mol. The Hall–Kier alpha value is -3.06. The van der Waals surface area contributed by atoms with Gasteiger partial charge in [-0.2, -0.15) is 0 Å². The number of fused-ring (bicyclic) bond motifs is 1. The topological polar surface area (TPSA) is 62.6 Å². The zero-order valence-corrected chi connectivity index (χ0v) is 15.7. The second-order valence-electron chi connectivity index (χ2n) is 6.23. The van der Waals surface area contributed by atoms with Crippen molar-refractivity contribution in [3.8, 4) is 0 Å². The summed E-state index contributed by atoms with van der Waals surface area (Å²) in [5.74, 6) is 0.121. The molecule has 1 aliphatic rings. The number of nitrogens with one attached hydrogen (secondary N) is 1. The lowest BCUT2D eigenvalue weighted by atomic mass is 10.1. The van der Waals surface area contributed by atoms with Crippen molar-refractivity contribution in [3.05, 3.63) is 83.6 Å². The van der Waals surface area contributed by atoms with Crippen LogP contribution in [0.1, 0.15) is 26.5 Å². The van der Waals surface area contributed by atoms with Gasteiger partial charge in [0.25, 0.3) is 11.8 Å². The number of hydrogen-bond acceptors (Lipinski definition) is 4. The summed E-state index contributed by atoms with van der Waals surface area (Å²) in [6.07, 6.45) is 1.55. The van der Waals surface area contributed by atoms with Crippen LogP contribution >= 0.6 is 11.8 Å². The summed E-state index contributed by atoms with van der Waals surface area (Å²) < 4.78 is 19.3. The molecule has 1 aliphatic heterocycles. The maximum absolute atomic E-state index is 14.1. The van der Waals surface area contributed by atoms with Crippen LogP contribution < -0.4 is 10.2 Å². The normalized spacial score (nSPS) is 13.1. The van der Waals surface area contributed by atoms with E-state index in [1.54, 1.807) is 54.4 Å². The van der Waals surface area contributed by atoms with Crippen molar-refractivity contribution < 1.29 is 18.4 Å². The minimum atomic E-state index is -0.556. The van der Waals surface area contributed by atoms with Crippen molar-refractivity contribution in [1.29, 1.82) is 0 Å². The Morgan fingerprint density at radius 1 is 1.14 bits per heavy atom. The second kappa shape index (κ2) is 7.90. The molecule has 1 aromatic heterocycles. The van der Waals surface area contributed by atoms with Gasteiger partial charge in [-0.1, -0.05) is 12.1 Å². The van der Waals surface area contributed by atoms with Crippen LogP contribution in [-0.2, 0) is 6.54 Å². The quantitative estimate of drug-likeness (QED) is 0.721. The number of amides is 2. The third-order valence-corrected chi connectivity index (χ3v) is 5.48. The highest BCUT2D eigenvalue weighted by Crippen LogP contribution is 2.36. The summed E-state index contributed by atoms with van der Waals surface area (Å²) in [4.78, 5) is 27.8. The largest absolute Gasteiger partial charge is 0.467 e. The number of furan rings is 1. The van der Waals surface area contributed by atoms with Gasteiger partial charge in [0.2, 0.25) is 0 Å². The Morgan fingerprint density at radius 3 is 2.79 bits per heavy atom. The molecule has 142 valence electrons. The van der Waals surface area contributed by atoms with Crippen LogP contribution in [0.25, 0.3) is 0 Å². The lowest BCUT2D eigenvalue weighted by molar-refractivity contribution is 0.0944. The van der Waals surface area contributed by atoms with E-state index in [9.17, 15) is 14.0 Å². The van der Waals surface area contributed by atoms with Crippen molar-refractivity contribution in [2.75, 3.05) is 17.2 Å². The number of hydrogen-bond donors (Lipinski definition) is 1. The minimum Gasteiger partial charge on any atom is -0.467 e. The van der Waals surface area contributed by atoms with Gasteiger partial charge in [0, 0.05) is 22.8 Å². The number of rotatable bonds is 4. The lowest BCUT2D eigenvalue weighted by Gasteiger charge is -2.29. The molecule has 2 heterocycles. The van der Waals surface area contributed by atoms with Gasteiger partial charge >= 0.3 is 0 Å². The fourth-order valence-electron chi connectivity index (χ4n) is 3.03. The highest BCUT2D eigenvalue weighted by molar-refractivity contribution is 7.99. The molecule has 0 fully saturated rings. The van der Waals surface area contributed by atoms with Gasteiger partial charge in [-0.15, -0.1) is 11.8 Å². The molecule has 4 rings (SSSR count). The van der Waals surface area contributed by atoms with Gasteiger partial charge in [0.15, 0.2) is 0 Å². The van der Waals surface area contributed by atoms with Gasteiger partial charge in [-0.05, 0) is 42.5 Å². The molecule has 2 aromatic carbocycles. The molecule has 2 amide bonds. The van der Waals surface area contributed by atoms with Crippen LogP contribution in [0.5, 0.6) is 0 Å². The summed E-state index contributed by atoms with van der Waals surface area (Å²) in [7, 11) is 0. The molecular weight excluding hydrogens is 379 g/mol. The zero-order chi connectivity index (χ0) is 19.5. The van der Waals surface area contributed by atoms with Gasteiger partial charge in [0.05, 0.1) is 24.1 Å². The Bertz CT molecular complexity index is 1020. The fraction of sp³-hybridized carbons (Fsp3) is 0.143. The Kier molecular flexibility index (Phi) is 5.16. The van der Waals surface area contributed by atoms with Gasteiger partial charge in [0.1, 0.15) is 11.6 Å². The molecule has 7 heteroatoms. The number of anilines is 1. The zero-order valence-electron chi connectivity index (χ0n) is 14.9. The number of carbonyl (C=O) groups is 2. The first-order chi connectivity index (χ1) is 13.6. The molecule has 5 nitrogen and oxygen atoms in total. The first kappa shape index (κ1) is 18.3. The van der Waals surface area contributed by atoms with Gasteiger partial charge in [-0.25, -0.2) is 4.39 Å². The molecule has 0 atom stereocenters. The molecule has 0 saturated heterocycles. The Balaban J connectivity index is 1.59. The summed E-state index contributed by atoms with van der Waals surface area (Å²) in [5, 5.41) is 2.79. The molecule has 0 saturated carbocycles. The average molecular weight is 396 g/mol. The summed E-state index contributed by atoms with van der Waals surface area (Å²) in [6.45, 7) is 0.720. The van der Waals surface area contributed by atoms with E-state index in [1.807, 2.05) is 6.07 Å². The van der Waals surface area contributed by atoms with E-state index in [0.717, 1.165) is 4.90 Å². The van der Waals surface area contributed by atoms with Crippen LogP contribution in [0, 0.1) is 5.82 Å². The van der Waals surface area contributed by atoms with Crippen molar-refractivity contribution in [1.82, 2.24) is 5.32 Å². The van der Waals surface area contributed by atoms with Crippen LogP contribution in [-0.4, -0.2) is 24.1 Å². The van der Waals surface area contributed by atoms with Crippen molar-refractivity contribution >= 4 is 29.3 Å². The average Bonchev–Trinajstić information content (AvgIpc) is 3.24. The van der Waals surface area contributed by atoms with Gasteiger partial charge < -0.3 is 14.6 Å². The first-order valence-electron chi connectivity index (χ1n) is 8.77. The second-order valence-corrected chi connectivity index (χ2v) is 7.37. The van der Waals surface area contributed by atoms with Crippen molar-refractivity contribution in [3.63, 3.8) is 0 Å². The van der Waals surface area contributed by atoms with Crippen LogP contribution in [0.4, 0.5) is 10.1 Å². The molecule has 0 unspecified atom stereocenters. The van der Waals surface area contributed by atoms with Crippen LogP contribution in [0.3, 0.4) is 0 Å². The standard InChI is InChI=1S/C21H17FN2O3S/c22-17-6-2-1-5-16(17)21(26)24-9-11-28-19-8-7-14(12-18(19)24)20(25)23-13-15-4-3-10-27-15/h1-8,10,12H,9,11,13H2,(H,23,25). The molecule has 0 radical (unpaired) electrons. The van der Waals surface area contributed by atoms with E-state index in [1.165, 1.54) is 17.0 Å². The van der Waals surface area contributed by atoms with Crippen molar-refractivity contribution in [2.24, 2.45) is 0 Å². The number of thioether (sulfide) groups is 1. The maximum atomic E-state index is 14.1. The van der Waals surface area contributed by atoms with E-state index < -0.39 is 11.7 Å². The maximum Gasteiger partial charge on any atom is 0.261 e. The molecule has 28 heavy (non-hydrogen) atoms. The van der Waals surface area contributed by atoms with Crippen molar-refractivity contribution in [2.45, 2.75) is 11.4 Å². The third-order valence-electron chi connectivity index (χ3n) is 4.44. The Morgan fingerprint density at radius 2 is 2.00 bits per heavy atom. The van der Waals surface area contributed by atoms with E-state index in [4.69, 9.17) is 4.42 Å². The fourth-order valence-corrected chi connectivity index (χ4v) is 4.01. The smallest absolute Gasteiger partial charge is 0.261 e. The van der Waals surface area contributed by atoms with Gasteiger partial charge in [-0.3, -0.25) is 9.59 Å². The lowest BCUT2D eigenvalue weighted by Crippen LogP contribution is -2.36. The predicted octanol–water partition coefficient (Wildman–Crippen LogP) is 4.10. The highest BCUT2D eigenvalue weighted by Gasteiger charge is 2.26. The molecule has 3 aromatic rings. The molecule has 0 aliphatic carbocycles. The number of halogens is 1. The van der Waals surface area contributed by atoms with E-state index in [0.29, 0.717) is 29.3 Å².